The van der Waals surface area contributed by atoms with E-state index in [1.54, 1.807) is 19.9 Å². The normalized spacial score (nSPS) is 20.1. The maximum absolute atomic E-state index is 12.6. The van der Waals surface area contributed by atoms with Gasteiger partial charge in [0.05, 0.1) is 19.3 Å². The fourth-order valence-corrected chi connectivity index (χ4v) is 7.07. The summed E-state index contributed by atoms with van der Waals surface area (Å²) in [5, 5.41) is 1.48. The van der Waals surface area contributed by atoms with Crippen molar-refractivity contribution in [1.82, 2.24) is 9.97 Å². The lowest BCUT2D eigenvalue weighted by molar-refractivity contribution is -0.187. The zero-order valence-electron chi connectivity index (χ0n) is 44.8. The van der Waals surface area contributed by atoms with Crippen molar-refractivity contribution < 1.29 is 27.4 Å². The topological polar surface area (TPSA) is 53.5 Å². The summed E-state index contributed by atoms with van der Waals surface area (Å²) >= 11 is 11.7. The maximum Gasteiger partial charge on any atom is 0.154 e. The molecule has 1 aromatic heterocycles. The smallest absolute Gasteiger partial charge is 0.154 e. The minimum absolute atomic E-state index is 0.0196. The Morgan fingerprint density at radius 3 is 1.17 bits per heavy atom. The second kappa shape index (κ2) is 34.5. The number of benzene rings is 4. The molecule has 3 aliphatic rings. The third-order valence-electron chi connectivity index (χ3n) is 11.6. The Hall–Kier alpha value is -3.79. The van der Waals surface area contributed by atoms with Crippen LogP contribution in [0.3, 0.4) is 0 Å². The van der Waals surface area contributed by atoms with E-state index in [0.29, 0.717) is 23.1 Å². The quantitative estimate of drug-likeness (QED) is 0.155. The van der Waals surface area contributed by atoms with Crippen molar-refractivity contribution in [1.29, 1.82) is 0 Å². The minimum atomic E-state index is -0.475. The molecule has 8 rings (SSSR count). The first-order chi connectivity index (χ1) is 32.4. The Morgan fingerprint density at radius 1 is 0.420 bits per heavy atom. The van der Waals surface area contributed by atoms with E-state index < -0.39 is 11.6 Å². The largest absolute Gasteiger partial charge is 0.378 e. The molecule has 10 heteroatoms. The molecule has 2 unspecified atom stereocenters. The van der Waals surface area contributed by atoms with E-state index in [0.717, 1.165) is 75.7 Å². The molecule has 1 saturated carbocycles. The maximum atomic E-state index is 12.6. The van der Waals surface area contributed by atoms with Gasteiger partial charge in [-0.25, -0.2) is 23.1 Å². The summed E-state index contributed by atoms with van der Waals surface area (Å²) in [7, 11) is 0. The molecule has 3 heterocycles. The van der Waals surface area contributed by atoms with Crippen LogP contribution in [-0.2, 0) is 14.2 Å². The lowest BCUT2D eigenvalue weighted by Crippen LogP contribution is -2.27. The van der Waals surface area contributed by atoms with Gasteiger partial charge >= 0.3 is 0 Å². The molecular formula is C59H85Cl2F3N2O3. The fourth-order valence-electron chi connectivity index (χ4n) is 6.47. The van der Waals surface area contributed by atoms with Crippen molar-refractivity contribution in [2.45, 2.75) is 162 Å². The van der Waals surface area contributed by atoms with Crippen molar-refractivity contribution in [3.8, 4) is 0 Å². The van der Waals surface area contributed by atoms with Gasteiger partial charge < -0.3 is 14.2 Å². The van der Waals surface area contributed by atoms with Gasteiger partial charge in [-0.15, -0.1) is 0 Å². The molecule has 2 saturated heterocycles. The molecule has 0 spiro atoms. The highest BCUT2D eigenvalue weighted by atomic mass is 35.5. The molecule has 1 aliphatic carbocycles. The Morgan fingerprint density at radius 2 is 0.812 bits per heavy atom. The summed E-state index contributed by atoms with van der Waals surface area (Å²) in [4.78, 5) is 7.94. The molecule has 69 heavy (non-hydrogen) atoms. The first-order valence-electron chi connectivity index (χ1n) is 24.6. The molecule has 0 amide bonds. The standard InChI is InChI=1S/C8H8Cl2.C8H8F2.C8H9F.C8H16.C8H10.C7H14O.C6H8N2.C6H12O2/c2*1-5-3-7(9)6(2)8(10)4-5;1-6-3-4-7(2)8(9)5-6;2*1-7-3-5-8(2)6-4-7;1-6-3-4-7(2)8-5-6;2*1-5-3-7-6(2)8-4-5/h2*3-4H,1-2H3;3-5H,1-2H3;7-8H,3-6H2,1-2H3;3-6H,1-2H3;6-7H,3-5H2,1-2H3;3-4H,1-2H3;5-6H,3-4H2,1-2H3. The number of hydrogen-bond donors (Lipinski definition) is 0. The highest BCUT2D eigenvalue weighted by molar-refractivity contribution is 6.36. The molecular weight excluding hydrogens is 913 g/mol. The number of rotatable bonds is 0. The van der Waals surface area contributed by atoms with Crippen LogP contribution in [0.25, 0.3) is 0 Å². The van der Waals surface area contributed by atoms with Gasteiger partial charge in [0, 0.05) is 40.5 Å². The van der Waals surface area contributed by atoms with Crippen molar-refractivity contribution in [3.63, 3.8) is 0 Å². The zero-order chi connectivity index (χ0) is 52.2. The van der Waals surface area contributed by atoms with Gasteiger partial charge in [0.25, 0.3) is 0 Å². The monoisotopic (exact) mass is 997 g/mol. The van der Waals surface area contributed by atoms with E-state index >= 15 is 0 Å². The Bertz CT molecular complexity index is 1880. The van der Waals surface area contributed by atoms with E-state index in [9.17, 15) is 13.2 Å². The van der Waals surface area contributed by atoms with Crippen LogP contribution in [0.4, 0.5) is 13.2 Å². The molecule has 4 aromatic carbocycles. The summed E-state index contributed by atoms with van der Waals surface area (Å²) in [6, 6.07) is 20.1. The van der Waals surface area contributed by atoms with Crippen molar-refractivity contribution in [2.24, 2.45) is 23.7 Å². The first kappa shape index (κ1) is 63.2. The number of aryl methyl sites for hydroxylation is 8. The summed E-state index contributed by atoms with van der Waals surface area (Å²) in [6.45, 7) is 34.5. The second-order valence-corrected chi connectivity index (χ2v) is 20.3. The average molecular weight is 998 g/mol. The molecule has 5 nitrogen and oxygen atoms in total. The molecule has 0 bridgehead atoms. The molecule has 2 atom stereocenters. The summed E-state index contributed by atoms with van der Waals surface area (Å²) < 4.78 is 53.5. The van der Waals surface area contributed by atoms with Crippen LogP contribution in [0.1, 0.15) is 136 Å². The lowest BCUT2D eigenvalue weighted by Gasteiger charge is -2.24. The second-order valence-electron chi connectivity index (χ2n) is 19.5. The van der Waals surface area contributed by atoms with Crippen molar-refractivity contribution in [2.75, 3.05) is 19.8 Å². The van der Waals surface area contributed by atoms with E-state index in [4.69, 9.17) is 37.4 Å². The summed E-state index contributed by atoms with van der Waals surface area (Å²) in [6.07, 6.45) is 12.6. The van der Waals surface area contributed by atoms with Gasteiger partial charge in [-0.2, -0.15) is 0 Å². The number of ether oxygens (including phenoxy) is 3. The highest BCUT2D eigenvalue weighted by Crippen LogP contribution is 2.27. The molecule has 384 valence electrons. The number of halogens is 5. The van der Waals surface area contributed by atoms with Crippen molar-refractivity contribution in [3.05, 3.63) is 163 Å². The first-order valence-corrected chi connectivity index (χ1v) is 25.3. The third-order valence-corrected chi connectivity index (χ3v) is 12.4. The zero-order valence-corrected chi connectivity index (χ0v) is 46.4. The van der Waals surface area contributed by atoms with Gasteiger partial charge in [0.1, 0.15) is 23.3 Å². The predicted octanol–water partition coefficient (Wildman–Crippen LogP) is 17.7. The Labute approximate surface area is 426 Å². The molecule has 2 aliphatic heterocycles. The number of hydrogen-bond acceptors (Lipinski definition) is 5. The number of aromatic nitrogens is 2. The average Bonchev–Trinajstić information content (AvgIpc) is 3.30. The van der Waals surface area contributed by atoms with Crippen LogP contribution in [0.2, 0.25) is 10.0 Å². The molecule has 0 radical (unpaired) electrons. The van der Waals surface area contributed by atoms with Gasteiger partial charge in [-0.05, 0) is 177 Å². The van der Waals surface area contributed by atoms with Gasteiger partial charge in [-0.1, -0.05) is 124 Å². The van der Waals surface area contributed by atoms with Crippen LogP contribution in [0, 0.1) is 110 Å². The highest BCUT2D eigenvalue weighted by Gasteiger charge is 2.15. The van der Waals surface area contributed by atoms with Crippen LogP contribution in [0.15, 0.2) is 79.1 Å². The van der Waals surface area contributed by atoms with Crippen LogP contribution < -0.4 is 0 Å². The van der Waals surface area contributed by atoms with Gasteiger partial charge in [0.15, 0.2) is 6.29 Å². The Kier molecular flexibility index (Phi) is 31.6. The van der Waals surface area contributed by atoms with Crippen LogP contribution >= 0.6 is 23.2 Å². The van der Waals surface area contributed by atoms with E-state index in [2.05, 4.69) is 82.7 Å². The van der Waals surface area contributed by atoms with Crippen molar-refractivity contribution >= 4 is 23.2 Å². The number of nitrogens with zero attached hydrogens (tertiary/aromatic N) is 2. The molecule has 0 N–H and O–H groups in total. The van der Waals surface area contributed by atoms with E-state index in [1.807, 2.05) is 72.1 Å². The molecule has 3 fully saturated rings. The van der Waals surface area contributed by atoms with Gasteiger partial charge in [-0.3, -0.25) is 0 Å². The SMILES string of the molecule is CC1CCC(C)CC1.CC1CCC(C)OC1.CC1COC(C)OC1.Cc1cc(Cl)c(C)c(Cl)c1.Cc1cc(F)c(C)c(F)c1.Cc1ccc(C)c(F)c1.Cc1ccc(C)cc1.Cc1cnc(C)nc1. The van der Waals surface area contributed by atoms with E-state index in [-0.39, 0.29) is 17.7 Å². The van der Waals surface area contributed by atoms with Crippen LogP contribution in [-0.4, -0.2) is 42.2 Å². The van der Waals surface area contributed by atoms with E-state index in [1.165, 1.54) is 74.8 Å². The molecule has 5 aromatic rings. The third kappa shape index (κ3) is 29.9. The van der Waals surface area contributed by atoms with Crippen LogP contribution in [0.5, 0.6) is 0 Å². The summed E-state index contributed by atoms with van der Waals surface area (Å²) in [5.41, 5.74) is 8.20. The minimum Gasteiger partial charge on any atom is -0.378 e. The van der Waals surface area contributed by atoms with Gasteiger partial charge in [0.2, 0.25) is 0 Å². The fraction of sp³-hybridized carbons (Fsp3) is 0.525. The Balaban J connectivity index is 0.000000395. The predicted molar refractivity (Wildman–Crippen MR) is 286 cm³/mol. The lowest BCUT2D eigenvalue weighted by atomic mass is 9.84. The summed E-state index contributed by atoms with van der Waals surface area (Å²) in [5.74, 6) is 3.18.